The Kier molecular flexibility index (Phi) is 6.17. The average molecular weight is 313 g/mol. The second-order valence-electron chi connectivity index (χ2n) is 5.02. The summed E-state index contributed by atoms with van der Waals surface area (Å²) in [6, 6.07) is 16.8. The molecule has 0 atom stereocenters. The van der Waals surface area contributed by atoms with Crippen molar-refractivity contribution >= 4 is 11.9 Å². The van der Waals surface area contributed by atoms with E-state index >= 15 is 0 Å². The SMILES string of the molecule is Cc1ccc(OCC(=O)OCC(=O)NCc2ccccc2)cc1. The summed E-state index contributed by atoms with van der Waals surface area (Å²) in [6.45, 7) is 1.82. The molecule has 0 spiro atoms. The van der Waals surface area contributed by atoms with Crippen LogP contribution in [0.4, 0.5) is 0 Å². The van der Waals surface area contributed by atoms with E-state index in [1.165, 1.54) is 0 Å². The van der Waals surface area contributed by atoms with Gasteiger partial charge in [-0.2, -0.15) is 0 Å². The molecule has 1 amide bonds. The van der Waals surface area contributed by atoms with Gasteiger partial charge in [0.1, 0.15) is 5.75 Å². The molecule has 0 saturated heterocycles. The summed E-state index contributed by atoms with van der Waals surface area (Å²) in [7, 11) is 0. The monoisotopic (exact) mass is 313 g/mol. The summed E-state index contributed by atoms with van der Waals surface area (Å²) < 4.78 is 10.1. The summed E-state index contributed by atoms with van der Waals surface area (Å²) in [5.41, 5.74) is 2.09. The molecule has 0 saturated carbocycles. The van der Waals surface area contributed by atoms with E-state index in [9.17, 15) is 9.59 Å². The quantitative estimate of drug-likeness (QED) is 0.796. The first-order valence-corrected chi connectivity index (χ1v) is 7.29. The first-order valence-electron chi connectivity index (χ1n) is 7.29. The maximum absolute atomic E-state index is 11.6. The van der Waals surface area contributed by atoms with Crippen LogP contribution < -0.4 is 10.1 Å². The Balaban J connectivity index is 1.63. The van der Waals surface area contributed by atoms with E-state index in [1.807, 2.05) is 49.4 Å². The highest BCUT2D eigenvalue weighted by Crippen LogP contribution is 2.11. The zero-order chi connectivity index (χ0) is 16.5. The van der Waals surface area contributed by atoms with E-state index in [-0.39, 0.29) is 19.1 Å². The van der Waals surface area contributed by atoms with Gasteiger partial charge in [-0.05, 0) is 24.6 Å². The van der Waals surface area contributed by atoms with E-state index in [1.54, 1.807) is 12.1 Å². The van der Waals surface area contributed by atoms with Crippen LogP contribution in [0.1, 0.15) is 11.1 Å². The van der Waals surface area contributed by atoms with Gasteiger partial charge in [0, 0.05) is 6.54 Å². The summed E-state index contributed by atoms with van der Waals surface area (Å²) in [5.74, 6) is -0.348. The fourth-order valence-electron chi connectivity index (χ4n) is 1.81. The molecule has 23 heavy (non-hydrogen) atoms. The van der Waals surface area contributed by atoms with E-state index in [4.69, 9.17) is 9.47 Å². The van der Waals surface area contributed by atoms with Crippen LogP contribution in [-0.2, 0) is 20.9 Å². The zero-order valence-electron chi connectivity index (χ0n) is 13.0. The van der Waals surface area contributed by atoms with Crippen molar-refractivity contribution < 1.29 is 19.1 Å². The molecule has 1 N–H and O–H groups in total. The second-order valence-corrected chi connectivity index (χ2v) is 5.02. The van der Waals surface area contributed by atoms with Crippen LogP contribution in [0.15, 0.2) is 54.6 Å². The molecule has 0 heterocycles. The Hall–Kier alpha value is -2.82. The van der Waals surface area contributed by atoms with Crippen LogP contribution in [0, 0.1) is 6.92 Å². The lowest BCUT2D eigenvalue weighted by Gasteiger charge is -2.08. The third-order valence-electron chi connectivity index (χ3n) is 3.07. The third kappa shape index (κ3) is 6.22. The highest BCUT2D eigenvalue weighted by atomic mass is 16.6. The number of benzene rings is 2. The lowest BCUT2D eigenvalue weighted by molar-refractivity contribution is -0.150. The zero-order valence-corrected chi connectivity index (χ0v) is 13.0. The van der Waals surface area contributed by atoms with E-state index in [0.29, 0.717) is 12.3 Å². The van der Waals surface area contributed by atoms with Gasteiger partial charge in [-0.25, -0.2) is 4.79 Å². The van der Waals surface area contributed by atoms with Gasteiger partial charge in [-0.3, -0.25) is 4.79 Å². The molecular weight excluding hydrogens is 294 g/mol. The van der Waals surface area contributed by atoms with Crippen molar-refractivity contribution in [3.8, 4) is 5.75 Å². The molecule has 5 heteroatoms. The van der Waals surface area contributed by atoms with Crippen molar-refractivity contribution in [2.24, 2.45) is 0 Å². The fraction of sp³-hybridized carbons (Fsp3) is 0.222. The Morgan fingerprint density at radius 1 is 0.957 bits per heavy atom. The predicted molar refractivity (Wildman–Crippen MR) is 85.9 cm³/mol. The number of carbonyl (C=O) groups is 2. The van der Waals surface area contributed by atoms with Crippen LogP contribution in [0.2, 0.25) is 0 Å². The largest absolute Gasteiger partial charge is 0.482 e. The summed E-state index contributed by atoms with van der Waals surface area (Å²) in [5, 5.41) is 2.68. The van der Waals surface area contributed by atoms with Crippen molar-refractivity contribution in [3.05, 3.63) is 65.7 Å². The van der Waals surface area contributed by atoms with Gasteiger partial charge in [0.15, 0.2) is 13.2 Å². The number of amides is 1. The van der Waals surface area contributed by atoms with E-state index < -0.39 is 5.97 Å². The van der Waals surface area contributed by atoms with Crippen LogP contribution in [-0.4, -0.2) is 25.1 Å². The van der Waals surface area contributed by atoms with Gasteiger partial charge < -0.3 is 14.8 Å². The molecule has 0 aliphatic carbocycles. The molecule has 0 unspecified atom stereocenters. The Labute approximate surface area is 135 Å². The molecule has 0 aliphatic heterocycles. The molecule has 5 nitrogen and oxygen atoms in total. The topological polar surface area (TPSA) is 64.6 Å². The second kappa shape index (κ2) is 8.58. The fourth-order valence-corrected chi connectivity index (χ4v) is 1.81. The Morgan fingerprint density at radius 3 is 2.35 bits per heavy atom. The first-order chi connectivity index (χ1) is 11.1. The number of hydrogen-bond donors (Lipinski definition) is 1. The van der Waals surface area contributed by atoms with Crippen molar-refractivity contribution in [2.75, 3.05) is 13.2 Å². The normalized spacial score (nSPS) is 9.96. The number of ether oxygens (including phenoxy) is 2. The van der Waals surface area contributed by atoms with Crippen LogP contribution in [0.3, 0.4) is 0 Å². The third-order valence-corrected chi connectivity index (χ3v) is 3.07. The van der Waals surface area contributed by atoms with Crippen molar-refractivity contribution in [1.82, 2.24) is 5.32 Å². The number of rotatable bonds is 7. The van der Waals surface area contributed by atoms with Gasteiger partial charge in [0.05, 0.1) is 0 Å². The number of nitrogens with one attached hydrogen (secondary N) is 1. The van der Waals surface area contributed by atoms with Gasteiger partial charge in [0.25, 0.3) is 5.91 Å². The minimum atomic E-state index is -0.583. The summed E-state index contributed by atoms with van der Waals surface area (Å²) in [6.07, 6.45) is 0. The molecule has 2 aromatic carbocycles. The molecule has 0 fully saturated rings. The summed E-state index contributed by atoms with van der Waals surface area (Å²) >= 11 is 0. The first kappa shape index (κ1) is 16.5. The van der Waals surface area contributed by atoms with Crippen molar-refractivity contribution in [2.45, 2.75) is 13.5 Å². The predicted octanol–water partition coefficient (Wildman–Crippen LogP) is 2.23. The van der Waals surface area contributed by atoms with Crippen molar-refractivity contribution in [3.63, 3.8) is 0 Å². The molecule has 0 bridgehead atoms. The number of carbonyl (C=O) groups excluding carboxylic acids is 2. The number of aryl methyl sites for hydroxylation is 1. The standard InChI is InChI=1S/C18H19NO4/c1-14-7-9-16(10-8-14)22-13-18(21)23-12-17(20)19-11-15-5-3-2-4-6-15/h2-10H,11-13H2,1H3,(H,19,20). The number of hydrogen-bond acceptors (Lipinski definition) is 4. The van der Waals surface area contributed by atoms with Crippen LogP contribution in [0.25, 0.3) is 0 Å². The van der Waals surface area contributed by atoms with Crippen molar-refractivity contribution in [1.29, 1.82) is 0 Å². The van der Waals surface area contributed by atoms with Gasteiger partial charge in [0.2, 0.25) is 0 Å². The molecule has 0 aromatic heterocycles. The highest BCUT2D eigenvalue weighted by Gasteiger charge is 2.08. The molecule has 2 aromatic rings. The van der Waals surface area contributed by atoms with Gasteiger partial charge >= 0.3 is 5.97 Å². The molecular formula is C18H19NO4. The molecule has 2 rings (SSSR count). The van der Waals surface area contributed by atoms with E-state index in [2.05, 4.69) is 5.32 Å². The van der Waals surface area contributed by atoms with Crippen LogP contribution >= 0.6 is 0 Å². The smallest absolute Gasteiger partial charge is 0.344 e. The Morgan fingerprint density at radius 2 is 1.65 bits per heavy atom. The Bertz CT molecular complexity index is 638. The average Bonchev–Trinajstić information content (AvgIpc) is 2.58. The maximum Gasteiger partial charge on any atom is 0.344 e. The lowest BCUT2D eigenvalue weighted by Crippen LogP contribution is -2.29. The minimum Gasteiger partial charge on any atom is -0.482 e. The molecule has 120 valence electrons. The van der Waals surface area contributed by atoms with Crippen LogP contribution in [0.5, 0.6) is 5.75 Å². The van der Waals surface area contributed by atoms with Gasteiger partial charge in [-0.15, -0.1) is 0 Å². The maximum atomic E-state index is 11.6. The van der Waals surface area contributed by atoms with E-state index in [0.717, 1.165) is 11.1 Å². The molecule has 0 aliphatic rings. The summed E-state index contributed by atoms with van der Waals surface area (Å²) in [4.78, 5) is 23.1. The molecule has 0 radical (unpaired) electrons. The van der Waals surface area contributed by atoms with Gasteiger partial charge in [-0.1, -0.05) is 48.0 Å². The number of esters is 1. The minimum absolute atomic E-state index is 0.227. The highest BCUT2D eigenvalue weighted by molar-refractivity contribution is 5.80. The lowest BCUT2D eigenvalue weighted by atomic mass is 10.2.